The summed E-state index contributed by atoms with van der Waals surface area (Å²) >= 11 is 12.1. The van der Waals surface area contributed by atoms with Crippen LogP contribution in [0.2, 0.25) is 10.0 Å². The Morgan fingerprint density at radius 2 is 2.14 bits per heavy atom. The van der Waals surface area contributed by atoms with E-state index in [1.165, 1.54) is 19.4 Å². The van der Waals surface area contributed by atoms with Crippen molar-refractivity contribution in [3.05, 3.63) is 33.8 Å². The van der Waals surface area contributed by atoms with Crippen molar-refractivity contribution in [1.82, 2.24) is 9.80 Å². The van der Waals surface area contributed by atoms with Crippen molar-refractivity contribution in [1.29, 1.82) is 0 Å². The van der Waals surface area contributed by atoms with E-state index in [9.17, 15) is 0 Å². The molecule has 0 saturated carbocycles. The van der Waals surface area contributed by atoms with Crippen LogP contribution in [-0.4, -0.2) is 49.1 Å². The molecule has 1 aromatic carbocycles. The molecule has 1 heterocycles. The third kappa shape index (κ3) is 4.11. The Bertz CT molecular complexity index is 467. The van der Waals surface area contributed by atoms with Gasteiger partial charge < -0.3 is 5.73 Å². The van der Waals surface area contributed by atoms with Gasteiger partial charge in [-0.1, -0.05) is 36.2 Å². The molecule has 2 atom stereocenters. The minimum atomic E-state index is 0.180. The highest BCUT2D eigenvalue weighted by molar-refractivity contribution is 6.42. The average Bonchev–Trinajstić information content (AvgIpc) is 2.90. The topological polar surface area (TPSA) is 32.5 Å². The second-order valence-corrected chi connectivity index (χ2v) is 6.60. The molecule has 2 rings (SSSR count). The van der Waals surface area contributed by atoms with E-state index in [2.05, 4.69) is 23.8 Å². The van der Waals surface area contributed by atoms with Crippen LogP contribution >= 0.6 is 23.2 Å². The van der Waals surface area contributed by atoms with E-state index in [0.717, 1.165) is 18.7 Å². The Kier molecular flexibility index (Phi) is 6.33. The van der Waals surface area contributed by atoms with Gasteiger partial charge in [-0.3, -0.25) is 9.80 Å². The molecule has 0 amide bonds. The Morgan fingerprint density at radius 3 is 2.76 bits per heavy atom. The summed E-state index contributed by atoms with van der Waals surface area (Å²) in [4.78, 5) is 4.90. The molecule has 1 aliphatic heterocycles. The lowest BCUT2D eigenvalue weighted by Crippen LogP contribution is -2.41. The van der Waals surface area contributed by atoms with Crippen molar-refractivity contribution in [2.45, 2.75) is 31.8 Å². The van der Waals surface area contributed by atoms with Crippen LogP contribution in [0.15, 0.2) is 18.2 Å². The number of rotatable bonds is 6. The number of benzene rings is 1. The lowest BCUT2D eigenvalue weighted by Gasteiger charge is -2.33. The first-order valence-electron chi connectivity index (χ1n) is 7.66. The van der Waals surface area contributed by atoms with Crippen molar-refractivity contribution in [3.63, 3.8) is 0 Å². The summed E-state index contributed by atoms with van der Waals surface area (Å²) < 4.78 is 0. The molecule has 0 spiro atoms. The number of nitrogens with two attached hydrogens (primary N) is 1. The summed E-state index contributed by atoms with van der Waals surface area (Å²) in [6.45, 7) is 6.19. The molecule has 21 heavy (non-hydrogen) atoms. The Hall–Kier alpha value is -0.320. The van der Waals surface area contributed by atoms with Gasteiger partial charge in [0.25, 0.3) is 0 Å². The van der Waals surface area contributed by atoms with Gasteiger partial charge in [-0.05, 0) is 50.7 Å². The quantitative estimate of drug-likeness (QED) is 0.868. The molecule has 2 unspecified atom stereocenters. The number of hydrogen-bond donors (Lipinski definition) is 1. The molecular formula is C16H25Cl2N3. The third-order valence-corrected chi connectivity index (χ3v) is 5.23. The van der Waals surface area contributed by atoms with Gasteiger partial charge in [0, 0.05) is 25.2 Å². The van der Waals surface area contributed by atoms with E-state index in [4.69, 9.17) is 28.9 Å². The zero-order valence-corrected chi connectivity index (χ0v) is 14.4. The van der Waals surface area contributed by atoms with Gasteiger partial charge in [0.15, 0.2) is 0 Å². The van der Waals surface area contributed by atoms with Crippen molar-refractivity contribution in [3.8, 4) is 0 Å². The maximum Gasteiger partial charge on any atom is 0.0595 e. The third-order valence-electron chi connectivity index (χ3n) is 4.49. The van der Waals surface area contributed by atoms with Gasteiger partial charge in [-0.15, -0.1) is 0 Å². The monoisotopic (exact) mass is 329 g/mol. The summed E-state index contributed by atoms with van der Waals surface area (Å²) in [7, 11) is 2.15. The lowest BCUT2D eigenvalue weighted by molar-refractivity contribution is 0.166. The summed E-state index contributed by atoms with van der Waals surface area (Å²) in [6, 6.07) is 6.62. The summed E-state index contributed by atoms with van der Waals surface area (Å²) in [5.41, 5.74) is 7.14. The van der Waals surface area contributed by atoms with Crippen molar-refractivity contribution >= 4 is 23.2 Å². The minimum absolute atomic E-state index is 0.180. The van der Waals surface area contributed by atoms with E-state index in [0.29, 0.717) is 22.6 Å². The van der Waals surface area contributed by atoms with Crippen LogP contribution in [-0.2, 0) is 0 Å². The highest BCUT2D eigenvalue weighted by Crippen LogP contribution is 2.28. The predicted molar refractivity (Wildman–Crippen MR) is 91.2 cm³/mol. The van der Waals surface area contributed by atoms with Gasteiger partial charge in [0.05, 0.1) is 10.0 Å². The van der Waals surface area contributed by atoms with Crippen LogP contribution in [0.25, 0.3) is 0 Å². The molecule has 118 valence electrons. The second kappa shape index (κ2) is 7.80. The maximum atomic E-state index is 6.14. The van der Waals surface area contributed by atoms with Crippen molar-refractivity contribution in [2.24, 2.45) is 5.73 Å². The molecule has 0 bridgehead atoms. The summed E-state index contributed by atoms with van der Waals surface area (Å²) in [5, 5.41) is 1.18. The Labute approximate surface area is 138 Å². The maximum absolute atomic E-state index is 6.14. The van der Waals surface area contributed by atoms with E-state index >= 15 is 0 Å². The molecule has 2 N–H and O–H groups in total. The van der Waals surface area contributed by atoms with Crippen LogP contribution in [0.4, 0.5) is 0 Å². The normalized spacial score (nSPS) is 21.1. The molecule has 3 nitrogen and oxygen atoms in total. The van der Waals surface area contributed by atoms with Gasteiger partial charge in [-0.2, -0.15) is 0 Å². The van der Waals surface area contributed by atoms with E-state index < -0.39 is 0 Å². The molecule has 0 radical (unpaired) electrons. The van der Waals surface area contributed by atoms with Crippen molar-refractivity contribution in [2.75, 3.05) is 33.2 Å². The molecule has 1 fully saturated rings. The van der Waals surface area contributed by atoms with Gasteiger partial charge in [0.2, 0.25) is 0 Å². The summed E-state index contributed by atoms with van der Waals surface area (Å²) in [5.74, 6) is 0. The number of likely N-dealkylation sites (N-methyl/N-ethyl adjacent to an activating group) is 2. The van der Waals surface area contributed by atoms with E-state index in [1.807, 2.05) is 18.2 Å². The van der Waals surface area contributed by atoms with Crippen LogP contribution in [0.1, 0.15) is 31.4 Å². The summed E-state index contributed by atoms with van der Waals surface area (Å²) in [6.07, 6.45) is 2.57. The van der Waals surface area contributed by atoms with Crippen molar-refractivity contribution < 1.29 is 0 Å². The highest BCUT2D eigenvalue weighted by atomic mass is 35.5. The lowest BCUT2D eigenvalue weighted by atomic mass is 10.0. The molecule has 1 saturated heterocycles. The minimum Gasteiger partial charge on any atom is -0.329 e. The standard InChI is InChI=1S/C16H25Cl2N3/c1-3-21-8-4-5-13(21)11-20(2)16(10-19)12-6-7-14(17)15(18)9-12/h6-7,9,13,16H,3-5,8,10-11,19H2,1-2H3. The van der Waals surface area contributed by atoms with Gasteiger partial charge >= 0.3 is 0 Å². The first-order valence-corrected chi connectivity index (χ1v) is 8.41. The van der Waals surface area contributed by atoms with Crippen LogP contribution in [0, 0.1) is 0 Å². The SMILES string of the molecule is CCN1CCCC1CN(C)C(CN)c1ccc(Cl)c(Cl)c1. The first-order chi connectivity index (χ1) is 10.1. The van der Waals surface area contributed by atoms with Crippen LogP contribution in [0.5, 0.6) is 0 Å². The number of nitrogens with zero attached hydrogens (tertiary/aromatic N) is 2. The van der Waals surface area contributed by atoms with Gasteiger partial charge in [-0.25, -0.2) is 0 Å². The fourth-order valence-corrected chi connectivity index (χ4v) is 3.57. The molecule has 1 aromatic rings. The van der Waals surface area contributed by atoms with E-state index in [-0.39, 0.29) is 6.04 Å². The first kappa shape index (κ1) is 17.0. The zero-order chi connectivity index (χ0) is 15.4. The molecule has 1 aliphatic rings. The van der Waals surface area contributed by atoms with Crippen LogP contribution < -0.4 is 5.73 Å². The molecule has 0 aliphatic carbocycles. The fraction of sp³-hybridized carbons (Fsp3) is 0.625. The molecular weight excluding hydrogens is 305 g/mol. The second-order valence-electron chi connectivity index (χ2n) is 5.79. The van der Waals surface area contributed by atoms with Gasteiger partial charge in [0.1, 0.15) is 0 Å². The highest BCUT2D eigenvalue weighted by Gasteiger charge is 2.26. The number of hydrogen-bond acceptors (Lipinski definition) is 3. The fourth-order valence-electron chi connectivity index (χ4n) is 3.27. The number of likely N-dealkylation sites (tertiary alicyclic amines) is 1. The molecule has 5 heteroatoms. The smallest absolute Gasteiger partial charge is 0.0595 e. The Morgan fingerprint density at radius 1 is 1.38 bits per heavy atom. The Balaban J connectivity index is 2.07. The average molecular weight is 330 g/mol. The zero-order valence-electron chi connectivity index (χ0n) is 12.9. The van der Waals surface area contributed by atoms with Crippen LogP contribution in [0.3, 0.4) is 0 Å². The number of halogens is 2. The predicted octanol–water partition coefficient (Wildman–Crippen LogP) is 3.41. The van der Waals surface area contributed by atoms with E-state index in [1.54, 1.807) is 0 Å². The largest absolute Gasteiger partial charge is 0.329 e. The molecule has 0 aromatic heterocycles.